The average Bonchev–Trinajstić information content (AvgIpc) is 2.09. The van der Waals surface area contributed by atoms with E-state index in [0.717, 1.165) is 10.0 Å². The van der Waals surface area contributed by atoms with Crippen molar-refractivity contribution in [1.29, 1.82) is 0 Å². The molecule has 1 N–H and O–H groups in total. The highest BCUT2D eigenvalue weighted by molar-refractivity contribution is 9.10. The van der Waals surface area contributed by atoms with E-state index in [0.29, 0.717) is 13.2 Å². The zero-order valence-electron chi connectivity index (χ0n) is 6.66. The van der Waals surface area contributed by atoms with Crippen molar-refractivity contribution in [1.82, 2.24) is 0 Å². The molecule has 0 radical (unpaired) electrons. The Balaban J connectivity index is 2.37. The molecule has 0 aromatic heterocycles. The van der Waals surface area contributed by atoms with Crippen molar-refractivity contribution in [3.63, 3.8) is 0 Å². The van der Waals surface area contributed by atoms with Crippen LogP contribution in [-0.4, -0.2) is 18.3 Å². The van der Waals surface area contributed by atoms with Crippen LogP contribution in [0.2, 0.25) is 0 Å². The van der Waals surface area contributed by atoms with Gasteiger partial charge < -0.3 is 9.84 Å². The van der Waals surface area contributed by atoms with Crippen LogP contribution in [0.5, 0.6) is 0 Å². The molecule has 0 bridgehead atoms. The highest BCUT2D eigenvalue weighted by Gasteiger charge is 1.91. The monoisotopic (exact) mass is 230 g/mol. The van der Waals surface area contributed by atoms with E-state index in [9.17, 15) is 0 Å². The lowest BCUT2D eigenvalue weighted by Crippen LogP contribution is -1.98. The number of hydrogen-bond acceptors (Lipinski definition) is 2. The highest BCUT2D eigenvalue weighted by Crippen LogP contribution is 2.10. The Morgan fingerprint density at radius 2 is 1.92 bits per heavy atom. The van der Waals surface area contributed by atoms with Crippen LogP contribution in [0.25, 0.3) is 0 Å². The number of ether oxygens (including phenoxy) is 1. The molecular weight excluding hydrogens is 220 g/mol. The van der Waals surface area contributed by atoms with Gasteiger partial charge in [0.15, 0.2) is 0 Å². The van der Waals surface area contributed by atoms with E-state index in [1.165, 1.54) is 0 Å². The number of aliphatic hydroxyl groups is 1. The van der Waals surface area contributed by atoms with E-state index in [2.05, 4.69) is 15.9 Å². The molecule has 0 aliphatic rings. The fourth-order valence-corrected chi connectivity index (χ4v) is 1.10. The van der Waals surface area contributed by atoms with Gasteiger partial charge in [-0.15, -0.1) is 0 Å². The third-order valence-electron chi connectivity index (χ3n) is 1.42. The lowest BCUT2D eigenvalue weighted by molar-refractivity contribution is 0.0815. The van der Waals surface area contributed by atoms with Gasteiger partial charge in [-0.25, -0.2) is 0 Å². The highest BCUT2D eigenvalue weighted by atomic mass is 79.9. The van der Waals surface area contributed by atoms with Gasteiger partial charge >= 0.3 is 0 Å². The molecule has 0 aliphatic carbocycles. The first-order valence-electron chi connectivity index (χ1n) is 3.76. The number of benzene rings is 1. The lowest BCUT2D eigenvalue weighted by atomic mass is 10.2. The fraction of sp³-hybridized carbons (Fsp3) is 0.333. The van der Waals surface area contributed by atoms with Gasteiger partial charge in [0.25, 0.3) is 0 Å². The van der Waals surface area contributed by atoms with Gasteiger partial charge in [0.2, 0.25) is 0 Å². The van der Waals surface area contributed by atoms with Gasteiger partial charge in [0.05, 0.1) is 19.8 Å². The molecule has 1 aromatic carbocycles. The average molecular weight is 231 g/mol. The first-order chi connectivity index (χ1) is 5.83. The van der Waals surface area contributed by atoms with E-state index in [1.54, 1.807) is 0 Å². The largest absolute Gasteiger partial charge is 0.394 e. The van der Waals surface area contributed by atoms with Crippen molar-refractivity contribution in [2.24, 2.45) is 0 Å². The number of halogens is 1. The van der Waals surface area contributed by atoms with Crippen molar-refractivity contribution in [2.75, 3.05) is 13.2 Å². The number of rotatable bonds is 4. The van der Waals surface area contributed by atoms with Crippen LogP contribution in [0.1, 0.15) is 5.56 Å². The fourth-order valence-electron chi connectivity index (χ4n) is 0.835. The van der Waals surface area contributed by atoms with Gasteiger partial charge in [-0.1, -0.05) is 28.1 Å². The molecule has 0 unspecified atom stereocenters. The van der Waals surface area contributed by atoms with Gasteiger partial charge in [0, 0.05) is 4.47 Å². The molecule has 0 spiro atoms. The third kappa shape index (κ3) is 3.34. The maximum absolute atomic E-state index is 8.46. The predicted molar refractivity (Wildman–Crippen MR) is 50.9 cm³/mol. The molecule has 66 valence electrons. The first-order valence-corrected chi connectivity index (χ1v) is 4.55. The topological polar surface area (TPSA) is 29.5 Å². The molecule has 12 heavy (non-hydrogen) atoms. The standard InChI is InChI=1S/C9H11BrO2/c10-9-3-1-8(2-4-9)7-12-6-5-11/h1-4,11H,5-7H2. The number of hydrogen-bond donors (Lipinski definition) is 1. The van der Waals surface area contributed by atoms with Crippen molar-refractivity contribution in [3.05, 3.63) is 34.3 Å². The molecule has 0 atom stereocenters. The van der Waals surface area contributed by atoms with E-state index in [1.807, 2.05) is 24.3 Å². The van der Waals surface area contributed by atoms with Crippen molar-refractivity contribution >= 4 is 15.9 Å². The van der Waals surface area contributed by atoms with Gasteiger partial charge in [0.1, 0.15) is 0 Å². The summed E-state index contributed by atoms with van der Waals surface area (Å²) in [4.78, 5) is 0. The molecule has 0 amide bonds. The zero-order chi connectivity index (χ0) is 8.81. The van der Waals surface area contributed by atoms with Crippen LogP contribution in [-0.2, 0) is 11.3 Å². The Morgan fingerprint density at radius 1 is 1.25 bits per heavy atom. The Labute approximate surface area is 80.3 Å². The summed E-state index contributed by atoms with van der Waals surface area (Å²) in [5, 5.41) is 8.46. The minimum absolute atomic E-state index is 0.0799. The molecule has 0 heterocycles. The molecule has 1 rings (SSSR count). The summed E-state index contributed by atoms with van der Waals surface area (Å²) in [6.45, 7) is 1.04. The summed E-state index contributed by atoms with van der Waals surface area (Å²) < 4.78 is 6.21. The van der Waals surface area contributed by atoms with Crippen LogP contribution in [0.3, 0.4) is 0 Å². The summed E-state index contributed by atoms with van der Waals surface area (Å²) in [7, 11) is 0. The molecule has 0 fully saturated rings. The second kappa shape index (κ2) is 5.30. The summed E-state index contributed by atoms with van der Waals surface area (Å²) >= 11 is 3.35. The molecule has 2 nitrogen and oxygen atoms in total. The summed E-state index contributed by atoms with van der Waals surface area (Å²) in [6.07, 6.45) is 0. The predicted octanol–water partition coefficient (Wildman–Crippen LogP) is 1.96. The molecule has 3 heteroatoms. The molecule has 0 aliphatic heterocycles. The molecule has 0 saturated heterocycles. The molecule has 1 aromatic rings. The van der Waals surface area contributed by atoms with E-state index >= 15 is 0 Å². The zero-order valence-corrected chi connectivity index (χ0v) is 8.25. The minimum Gasteiger partial charge on any atom is -0.394 e. The van der Waals surface area contributed by atoms with E-state index < -0.39 is 0 Å². The SMILES string of the molecule is OCCOCc1ccc(Br)cc1. The van der Waals surface area contributed by atoms with Gasteiger partial charge in [-0.3, -0.25) is 0 Å². The molecular formula is C9H11BrO2. The smallest absolute Gasteiger partial charge is 0.0718 e. The Hall–Kier alpha value is -0.380. The van der Waals surface area contributed by atoms with E-state index in [4.69, 9.17) is 9.84 Å². The van der Waals surface area contributed by atoms with E-state index in [-0.39, 0.29) is 6.61 Å². The maximum atomic E-state index is 8.46. The third-order valence-corrected chi connectivity index (χ3v) is 1.95. The normalized spacial score (nSPS) is 10.2. The first kappa shape index (κ1) is 9.71. The minimum atomic E-state index is 0.0799. The molecule has 0 saturated carbocycles. The lowest BCUT2D eigenvalue weighted by Gasteiger charge is -2.01. The van der Waals surface area contributed by atoms with Crippen molar-refractivity contribution in [3.8, 4) is 0 Å². The van der Waals surface area contributed by atoms with Gasteiger partial charge in [-0.2, -0.15) is 0 Å². The second-order valence-electron chi connectivity index (χ2n) is 2.40. The Morgan fingerprint density at radius 3 is 2.50 bits per heavy atom. The van der Waals surface area contributed by atoms with Crippen LogP contribution < -0.4 is 0 Å². The Kier molecular flexibility index (Phi) is 4.29. The Bertz CT molecular complexity index is 220. The summed E-state index contributed by atoms with van der Waals surface area (Å²) in [5.74, 6) is 0. The van der Waals surface area contributed by atoms with Crippen molar-refractivity contribution in [2.45, 2.75) is 6.61 Å². The quantitative estimate of drug-likeness (QED) is 0.802. The van der Waals surface area contributed by atoms with Crippen LogP contribution in [0, 0.1) is 0 Å². The summed E-state index contributed by atoms with van der Waals surface area (Å²) in [6, 6.07) is 7.91. The van der Waals surface area contributed by atoms with Crippen LogP contribution in [0.4, 0.5) is 0 Å². The van der Waals surface area contributed by atoms with Crippen LogP contribution >= 0.6 is 15.9 Å². The second-order valence-corrected chi connectivity index (χ2v) is 3.32. The van der Waals surface area contributed by atoms with Crippen LogP contribution in [0.15, 0.2) is 28.7 Å². The van der Waals surface area contributed by atoms with Gasteiger partial charge in [-0.05, 0) is 17.7 Å². The summed E-state index contributed by atoms with van der Waals surface area (Å²) in [5.41, 5.74) is 1.12. The maximum Gasteiger partial charge on any atom is 0.0718 e. The van der Waals surface area contributed by atoms with Crippen molar-refractivity contribution < 1.29 is 9.84 Å². The number of aliphatic hydroxyl groups excluding tert-OH is 1.